The summed E-state index contributed by atoms with van der Waals surface area (Å²) in [5.74, 6) is 0.0644. The molecule has 0 saturated carbocycles. The molecule has 6 heteroatoms. The molecule has 3 rings (SSSR count). The lowest BCUT2D eigenvalue weighted by Crippen LogP contribution is -2.27. The zero-order chi connectivity index (χ0) is 15.7. The first-order valence-corrected chi connectivity index (χ1v) is 8.89. The zero-order valence-corrected chi connectivity index (χ0v) is 13.0. The highest BCUT2D eigenvalue weighted by Gasteiger charge is 2.36. The number of hydrogen-bond acceptors (Lipinski definition) is 4. The molecule has 2 heterocycles. The molecule has 1 aromatic heterocycles. The van der Waals surface area contributed by atoms with Crippen LogP contribution < -0.4 is 4.90 Å². The van der Waals surface area contributed by atoms with Crippen LogP contribution in [0.4, 0.5) is 5.82 Å². The molecule has 0 spiro atoms. The first-order chi connectivity index (χ1) is 10.5. The molecular weight excluding hydrogens is 300 g/mol. The van der Waals surface area contributed by atoms with E-state index in [9.17, 15) is 13.2 Å². The molecule has 1 aliphatic heterocycles. The van der Waals surface area contributed by atoms with Crippen LogP contribution in [-0.2, 0) is 14.6 Å². The van der Waals surface area contributed by atoms with Crippen molar-refractivity contribution < 1.29 is 13.2 Å². The van der Waals surface area contributed by atoms with E-state index in [1.807, 2.05) is 6.07 Å². The second-order valence-corrected chi connectivity index (χ2v) is 7.31. The van der Waals surface area contributed by atoms with Gasteiger partial charge in [-0.25, -0.2) is 13.4 Å². The number of pyridine rings is 1. The summed E-state index contributed by atoms with van der Waals surface area (Å²) in [6.45, 7) is 0.540. The molecule has 1 aromatic carbocycles. The SMILES string of the molecule is CS(=O)(=O)c1ccccc1C1CCN(c2ccccn2)C1=O. The minimum absolute atomic E-state index is 0.102. The fourth-order valence-electron chi connectivity index (χ4n) is 2.82. The monoisotopic (exact) mass is 316 g/mol. The third-order valence-corrected chi connectivity index (χ3v) is 5.00. The van der Waals surface area contributed by atoms with Crippen molar-refractivity contribution in [2.45, 2.75) is 17.2 Å². The molecule has 0 bridgehead atoms. The maximum Gasteiger partial charge on any atom is 0.235 e. The summed E-state index contributed by atoms with van der Waals surface area (Å²) < 4.78 is 23.9. The Hall–Kier alpha value is -2.21. The van der Waals surface area contributed by atoms with Crippen molar-refractivity contribution in [2.75, 3.05) is 17.7 Å². The highest BCUT2D eigenvalue weighted by molar-refractivity contribution is 7.90. The second kappa shape index (κ2) is 5.53. The predicted octanol–water partition coefficient (Wildman–Crippen LogP) is 2.01. The molecule has 0 aliphatic carbocycles. The van der Waals surface area contributed by atoms with E-state index in [1.54, 1.807) is 47.5 Å². The van der Waals surface area contributed by atoms with Crippen LogP contribution in [0.1, 0.15) is 17.9 Å². The third kappa shape index (κ3) is 2.62. The summed E-state index contributed by atoms with van der Waals surface area (Å²) in [4.78, 5) is 18.7. The van der Waals surface area contributed by atoms with Crippen molar-refractivity contribution >= 4 is 21.6 Å². The van der Waals surface area contributed by atoms with Gasteiger partial charge < -0.3 is 0 Å². The van der Waals surface area contributed by atoms with E-state index in [1.165, 1.54) is 6.26 Å². The summed E-state index contributed by atoms with van der Waals surface area (Å²) in [5, 5.41) is 0. The second-order valence-electron chi connectivity index (χ2n) is 5.33. The van der Waals surface area contributed by atoms with Crippen LogP contribution >= 0.6 is 0 Å². The molecule has 1 fully saturated rings. The number of anilines is 1. The normalized spacial score (nSPS) is 18.7. The summed E-state index contributed by atoms with van der Waals surface area (Å²) >= 11 is 0. The first kappa shape index (κ1) is 14.7. The number of benzene rings is 1. The number of aromatic nitrogens is 1. The van der Waals surface area contributed by atoms with Crippen LogP contribution in [0, 0.1) is 0 Å². The molecule has 114 valence electrons. The van der Waals surface area contributed by atoms with Crippen LogP contribution in [0.15, 0.2) is 53.6 Å². The smallest absolute Gasteiger partial charge is 0.235 e. The minimum atomic E-state index is -3.36. The van der Waals surface area contributed by atoms with Gasteiger partial charge in [0.2, 0.25) is 5.91 Å². The van der Waals surface area contributed by atoms with Crippen LogP contribution in [-0.4, -0.2) is 32.1 Å². The van der Waals surface area contributed by atoms with Crippen LogP contribution in [0.25, 0.3) is 0 Å². The minimum Gasteiger partial charge on any atom is -0.296 e. The van der Waals surface area contributed by atoms with E-state index >= 15 is 0 Å². The van der Waals surface area contributed by atoms with Gasteiger partial charge in [-0.15, -0.1) is 0 Å². The molecular formula is C16H16N2O3S. The topological polar surface area (TPSA) is 67.3 Å². The summed E-state index contributed by atoms with van der Waals surface area (Å²) in [6, 6.07) is 12.1. The van der Waals surface area contributed by atoms with Gasteiger partial charge in [0, 0.05) is 19.0 Å². The maximum atomic E-state index is 12.7. The lowest BCUT2D eigenvalue weighted by atomic mass is 9.98. The molecule has 1 unspecified atom stereocenters. The fourth-order valence-corrected chi connectivity index (χ4v) is 3.78. The maximum absolute atomic E-state index is 12.7. The molecule has 1 aliphatic rings. The number of nitrogens with zero attached hydrogens (tertiary/aromatic N) is 2. The first-order valence-electron chi connectivity index (χ1n) is 7.00. The van der Waals surface area contributed by atoms with Gasteiger partial charge in [-0.05, 0) is 30.2 Å². The Morgan fingerprint density at radius 2 is 1.86 bits per heavy atom. The lowest BCUT2D eigenvalue weighted by Gasteiger charge is -2.16. The van der Waals surface area contributed by atoms with Gasteiger partial charge in [-0.1, -0.05) is 24.3 Å². The number of carbonyl (C=O) groups excluding carboxylic acids is 1. The van der Waals surface area contributed by atoms with Gasteiger partial charge in [0.25, 0.3) is 0 Å². The van der Waals surface area contributed by atoms with E-state index in [4.69, 9.17) is 0 Å². The third-order valence-electron chi connectivity index (χ3n) is 3.83. The quantitative estimate of drug-likeness (QED) is 0.868. The van der Waals surface area contributed by atoms with Crippen LogP contribution in [0.2, 0.25) is 0 Å². The van der Waals surface area contributed by atoms with Crippen molar-refractivity contribution in [3.8, 4) is 0 Å². The summed E-state index contributed by atoms with van der Waals surface area (Å²) in [7, 11) is -3.36. The van der Waals surface area contributed by atoms with Crippen molar-refractivity contribution in [2.24, 2.45) is 0 Å². The van der Waals surface area contributed by atoms with Gasteiger partial charge in [0.15, 0.2) is 9.84 Å². The lowest BCUT2D eigenvalue weighted by molar-refractivity contribution is -0.118. The number of sulfone groups is 1. The average Bonchev–Trinajstić information content (AvgIpc) is 2.89. The van der Waals surface area contributed by atoms with E-state index in [-0.39, 0.29) is 10.8 Å². The molecule has 1 atom stereocenters. The highest BCUT2D eigenvalue weighted by atomic mass is 32.2. The molecule has 2 aromatic rings. The van der Waals surface area contributed by atoms with Gasteiger partial charge >= 0.3 is 0 Å². The molecule has 22 heavy (non-hydrogen) atoms. The number of rotatable bonds is 3. The van der Waals surface area contributed by atoms with Crippen molar-refractivity contribution in [3.05, 3.63) is 54.2 Å². The Bertz CT molecular complexity index is 803. The Balaban J connectivity index is 1.98. The van der Waals surface area contributed by atoms with Crippen molar-refractivity contribution in [1.29, 1.82) is 0 Å². The van der Waals surface area contributed by atoms with Gasteiger partial charge in [0.05, 0.1) is 10.8 Å². The van der Waals surface area contributed by atoms with Crippen molar-refractivity contribution in [1.82, 2.24) is 4.98 Å². The van der Waals surface area contributed by atoms with Gasteiger partial charge in [-0.2, -0.15) is 0 Å². The van der Waals surface area contributed by atoms with E-state index in [0.717, 1.165) is 0 Å². The van der Waals surface area contributed by atoms with E-state index in [2.05, 4.69) is 4.98 Å². The van der Waals surface area contributed by atoms with Crippen molar-refractivity contribution in [3.63, 3.8) is 0 Å². The summed E-state index contributed by atoms with van der Waals surface area (Å²) in [5.41, 5.74) is 0.577. The number of carbonyl (C=O) groups is 1. The molecule has 0 N–H and O–H groups in total. The largest absolute Gasteiger partial charge is 0.296 e. The van der Waals surface area contributed by atoms with E-state index < -0.39 is 15.8 Å². The molecule has 1 saturated heterocycles. The molecule has 5 nitrogen and oxygen atoms in total. The fraction of sp³-hybridized carbons (Fsp3) is 0.250. The number of amides is 1. The Labute approximate surface area is 129 Å². The zero-order valence-electron chi connectivity index (χ0n) is 12.1. The van der Waals surface area contributed by atoms with Crippen LogP contribution in [0.5, 0.6) is 0 Å². The highest BCUT2D eigenvalue weighted by Crippen LogP contribution is 2.34. The van der Waals surface area contributed by atoms with Gasteiger partial charge in [-0.3, -0.25) is 9.69 Å². The Kier molecular flexibility index (Phi) is 3.70. The van der Waals surface area contributed by atoms with E-state index in [0.29, 0.717) is 24.3 Å². The number of hydrogen-bond donors (Lipinski definition) is 0. The molecule has 1 amide bonds. The standard InChI is InChI=1S/C16H16N2O3S/c1-22(20,21)14-7-3-2-6-12(14)13-9-11-18(16(13)19)15-8-4-5-10-17-15/h2-8,10,13H,9,11H2,1H3. The molecule has 0 radical (unpaired) electrons. The average molecular weight is 316 g/mol. The van der Waals surface area contributed by atoms with Gasteiger partial charge in [0.1, 0.15) is 5.82 Å². The Morgan fingerprint density at radius 1 is 1.14 bits per heavy atom. The Morgan fingerprint density at radius 3 is 2.55 bits per heavy atom. The summed E-state index contributed by atoms with van der Waals surface area (Å²) in [6.07, 6.45) is 3.39. The van der Waals surface area contributed by atoms with Crippen LogP contribution in [0.3, 0.4) is 0 Å². The predicted molar refractivity (Wildman–Crippen MR) is 83.5 cm³/mol.